The van der Waals surface area contributed by atoms with E-state index in [1.807, 2.05) is 0 Å². The molecule has 9 heteroatoms. The molecule has 9 nitrogen and oxygen atoms in total. The van der Waals surface area contributed by atoms with E-state index in [1.54, 1.807) is 13.8 Å². The minimum absolute atomic E-state index is 0.160. The molecule has 0 radical (unpaired) electrons. The second kappa shape index (κ2) is 9.67. The van der Waals surface area contributed by atoms with Gasteiger partial charge in [-0.25, -0.2) is 0 Å². The highest BCUT2D eigenvalue weighted by molar-refractivity contribution is 6.12. The van der Waals surface area contributed by atoms with E-state index in [0.29, 0.717) is 32.2 Å². The summed E-state index contributed by atoms with van der Waals surface area (Å²) in [5, 5.41) is 14.1. The highest BCUT2D eigenvalue weighted by Crippen LogP contribution is 2.30. The molecule has 0 unspecified atom stereocenters. The molecule has 1 fully saturated rings. The van der Waals surface area contributed by atoms with Crippen LogP contribution in [0.5, 0.6) is 0 Å². The minimum Gasteiger partial charge on any atom is -0.480 e. The minimum atomic E-state index is -1.14. The summed E-state index contributed by atoms with van der Waals surface area (Å²) in [6.45, 7) is 5.30. The summed E-state index contributed by atoms with van der Waals surface area (Å²) >= 11 is 0. The van der Waals surface area contributed by atoms with E-state index in [-0.39, 0.29) is 35.5 Å². The van der Waals surface area contributed by atoms with Crippen molar-refractivity contribution in [1.29, 1.82) is 0 Å². The van der Waals surface area contributed by atoms with Crippen LogP contribution in [-0.4, -0.2) is 58.2 Å². The van der Waals surface area contributed by atoms with E-state index in [9.17, 15) is 24.0 Å². The average Bonchev–Trinajstić information content (AvgIpc) is 2.97. The Morgan fingerprint density at radius 1 is 1.03 bits per heavy atom. The van der Waals surface area contributed by atoms with Crippen LogP contribution < -0.4 is 10.6 Å². The molecule has 0 aromatic carbocycles. The molecular formula is C20H29N3O6. The second-order valence-corrected chi connectivity index (χ2v) is 8.14. The van der Waals surface area contributed by atoms with Gasteiger partial charge in [-0.05, 0) is 44.4 Å². The first-order valence-electron chi connectivity index (χ1n) is 9.97. The van der Waals surface area contributed by atoms with Gasteiger partial charge in [0.05, 0.1) is 0 Å². The van der Waals surface area contributed by atoms with Crippen LogP contribution in [0.4, 0.5) is 0 Å². The molecule has 0 aromatic rings. The molecule has 2 aliphatic rings. The Labute approximate surface area is 169 Å². The number of amides is 4. The molecule has 1 aliphatic heterocycles. The Hall–Kier alpha value is -2.71. The SMILES string of the molecule is CC(C)[C@H](NC(=O)C1CCC(CN2C(=O)C=CC2=O)CC1)C(=O)N[C@@H](C)C(=O)O. The summed E-state index contributed by atoms with van der Waals surface area (Å²) in [7, 11) is 0. The fraction of sp³-hybridized carbons (Fsp3) is 0.650. The number of hydrogen-bond donors (Lipinski definition) is 3. The molecule has 1 aliphatic carbocycles. The van der Waals surface area contributed by atoms with E-state index in [4.69, 9.17) is 5.11 Å². The van der Waals surface area contributed by atoms with Crippen LogP contribution in [0.2, 0.25) is 0 Å². The first-order chi connectivity index (χ1) is 13.6. The molecule has 4 amide bonds. The average molecular weight is 407 g/mol. The van der Waals surface area contributed by atoms with Gasteiger partial charge in [0, 0.05) is 24.6 Å². The fourth-order valence-corrected chi connectivity index (χ4v) is 3.65. The third-order valence-corrected chi connectivity index (χ3v) is 5.53. The van der Waals surface area contributed by atoms with Gasteiger partial charge in [-0.1, -0.05) is 13.8 Å². The number of hydrogen-bond acceptors (Lipinski definition) is 5. The standard InChI is InChI=1S/C20H29N3O6/c1-11(2)17(19(27)21-12(3)20(28)29)22-18(26)14-6-4-13(5-7-14)10-23-15(24)8-9-16(23)25/h8-9,11-14,17H,4-7,10H2,1-3H3,(H,21,27)(H,22,26)(H,28,29)/t12-,13?,14?,17-/m0/s1. The summed E-state index contributed by atoms with van der Waals surface area (Å²) < 4.78 is 0. The highest BCUT2D eigenvalue weighted by Gasteiger charge is 2.33. The van der Waals surface area contributed by atoms with E-state index >= 15 is 0 Å². The normalized spacial score (nSPS) is 23.8. The molecule has 2 atom stereocenters. The Morgan fingerprint density at radius 2 is 1.59 bits per heavy atom. The molecule has 0 bridgehead atoms. The Morgan fingerprint density at radius 3 is 2.07 bits per heavy atom. The van der Waals surface area contributed by atoms with E-state index in [1.165, 1.54) is 24.0 Å². The van der Waals surface area contributed by atoms with Crippen molar-refractivity contribution in [3.05, 3.63) is 12.2 Å². The Balaban J connectivity index is 1.85. The van der Waals surface area contributed by atoms with Crippen molar-refractivity contribution in [2.75, 3.05) is 6.54 Å². The number of imide groups is 1. The summed E-state index contributed by atoms with van der Waals surface area (Å²) in [6, 6.07) is -1.85. The Bertz CT molecular complexity index is 691. The van der Waals surface area contributed by atoms with Crippen LogP contribution in [0.15, 0.2) is 12.2 Å². The van der Waals surface area contributed by atoms with Gasteiger partial charge in [0.15, 0.2) is 0 Å². The van der Waals surface area contributed by atoms with E-state index < -0.39 is 24.0 Å². The molecule has 2 rings (SSSR count). The number of carboxylic acids is 1. The number of carbonyl (C=O) groups excluding carboxylic acids is 4. The molecule has 0 saturated heterocycles. The van der Waals surface area contributed by atoms with Crippen LogP contribution in [0.1, 0.15) is 46.5 Å². The van der Waals surface area contributed by atoms with Gasteiger partial charge < -0.3 is 15.7 Å². The number of carbonyl (C=O) groups is 5. The number of nitrogens with zero attached hydrogens (tertiary/aromatic N) is 1. The zero-order valence-corrected chi connectivity index (χ0v) is 17.0. The number of carboxylic acid groups (broad SMARTS) is 1. The van der Waals surface area contributed by atoms with Gasteiger partial charge in [0.25, 0.3) is 11.8 Å². The predicted molar refractivity (Wildman–Crippen MR) is 103 cm³/mol. The van der Waals surface area contributed by atoms with E-state index in [0.717, 1.165) is 0 Å². The molecule has 160 valence electrons. The molecule has 1 saturated carbocycles. The van der Waals surface area contributed by atoms with Crippen molar-refractivity contribution in [1.82, 2.24) is 15.5 Å². The number of rotatable bonds is 8. The lowest BCUT2D eigenvalue weighted by atomic mass is 9.81. The van der Waals surface area contributed by atoms with Gasteiger partial charge in [0.1, 0.15) is 12.1 Å². The van der Waals surface area contributed by atoms with Crippen LogP contribution in [0, 0.1) is 17.8 Å². The van der Waals surface area contributed by atoms with Crippen LogP contribution in [-0.2, 0) is 24.0 Å². The van der Waals surface area contributed by atoms with Crippen molar-refractivity contribution in [3.63, 3.8) is 0 Å². The fourth-order valence-electron chi connectivity index (χ4n) is 3.65. The van der Waals surface area contributed by atoms with Crippen molar-refractivity contribution in [2.24, 2.45) is 17.8 Å². The third kappa shape index (κ3) is 5.88. The number of aliphatic carboxylic acids is 1. The lowest BCUT2D eigenvalue weighted by molar-refractivity contribution is -0.142. The topological polar surface area (TPSA) is 133 Å². The zero-order chi connectivity index (χ0) is 21.7. The van der Waals surface area contributed by atoms with Crippen molar-refractivity contribution >= 4 is 29.6 Å². The van der Waals surface area contributed by atoms with Gasteiger partial charge in [-0.2, -0.15) is 0 Å². The monoisotopic (exact) mass is 407 g/mol. The molecule has 0 spiro atoms. The lowest BCUT2D eigenvalue weighted by Gasteiger charge is -2.31. The summed E-state index contributed by atoms with van der Waals surface area (Å²) in [5.41, 5.74) is 0. The summed E-state index contributed by atoms with van der Waals surface area (Å²) in [4.78, 5) is 60.5. The maximum absolute atomic E-state index is 12.7. The molecule has 0 aromatic heterocycles. The summed E-state index contributed by atoms with van der Waals surface area (Å²) in [6.07, 6.45) is 5.18. The largest absolute Gasteiger partial charge is 0.480 e. The van der Waals surface area contributed by atoms with Crippen LogP contribution >= 0.6 is 0 Å². The highest BCUT2D eigenvalue weighted by atomic mass is 16.4. The summed E-state index contributed by atoms with van der Waals surface area (Å²) in [5.74, 6) is -2.77. The molecule has 1 heterocycles. The quantitative estimate of drug-likeness (QED) is 0.500. The van der Waals surface area contributed by atoms with Gasteiger partial charge in [0.2, 0.25) is 11.8 Å². The zero-order valence-electron chi connectivity index (χ0n) is 17.0. The van der Waals surface area contributed by atoms with Crippen molar-refractivity contribution in [3.8, 4) is 0 Å². The van der Waals surface area contributed by atoms with Crippen LogP contribution in [0.25, 0.3) is 0 Å². The predicted octanol–water partition coefficient (Wildman–Crippen LogP) is 0.448. The lowest BCUT2D eigenvalue weighted by Crippen LogP contribution is -2.54. The first kappa shape index (κ1) is 22.6. The van der Waals surface area contributed by atoms with Crippen molar-refractivity contribution < 1.29 is 29.1 Å². The van der Waals surface area contributed by atoms with Gasteiger partial charge in [-0.15, -0.1) is 0 Å². The van der Waals surface area contributed by atoms with Crippen molar-refractivity contribution in [2.45, 2.75) is 58.5 Å². The maximum atomic E-state index is 12.7. The van der Waals surface area contributed by atoms with Gasteiger partial charge in [-0.3, -0.25) is 28.9 Å². The first-order valence-corrected chi connectivity index (χ1v) is 9.97. The molecule has 3 N–H and O–H groups in total. The third-order valence-electron chi connectivity index (χ3n) is 5.53. The maximum Gasteiger partial charge on any atom is 0.325 e. The van der Waals surface area contributed by atoms with E-state index in [2.05, 4.69) is 10.6 Å². The second-order valence-electron chi connectivity index (χ2n) is 8.14. The van der Waals surface area contributed by atoms with Crippen LogP contribution in [0.3, 0.4) is 0 Å². The number of nitrogens with one attached hydrogen (secondary N) is 2. The molecule has 29 heavy (non-hydrogen) atoms. The van der Waals surface area contributed by atoms with Gasteiger partial charge >= 0.3 is 5.97 Å². The molecular weight excluding hydrogens is 378 g/mol. The smallest absolute Gasteiger partial charge is 0.325 e. The Kier molecular flexibility index (Phi) is 7.53.